The van der Waals surface area contributed by atoms with E-state index in [4.69, 9.17) is 5.73 Å². The maximum absolute atomic E-state index is 13.0. The van der Waals surface area contributed by atoms with Crippen LogP contribution >= 0.6 is 0 Å². The molecule has 0 aliphatic heterocycles. The lowest BCUT2D eigenvalue weighted by Gasteiger charge is -2.14. The number of anilines is 1. The first-order valence-corrected chi connectivity index (χ1v) is 11.0. The second-order valence-electron chi connectivity index (χ2n) is 8.14. The fourth-order valence-electron chi connectivity index (χ4n) is 4.50. The van der Waals surface area contributed by atoms with Crippen molar-refractivity contribution in [3.8, 4) is 11.1 Å². The maximum Gasteiger partial charge on any atom is 0.232 e. The number of benzene rings is 3. The van der Waals surface area contributed by atoms with E-state index in [2.05, 4.69) is 60.8 Å². The molecule has 0 bridgehead atoms. The summed E-state index contributed by atoms with van der Waals surface area (Å²) in [7, 11) is 0. The van der Waals surface area contributed by atoms with Crippen LogP contribution in [0.25, 0.3) is 11.1 Å². The number of hydrogen-bond acceptors (Lipinski definition) is 2. The fraction of sp³-hybridized carbons (Fsp3) is 0.296. The minimum absolute atomic E-state index is 0.114. The minimum atomic E-state index is -0.197. The topological polar surface area (TPSA) is 55.1 Å². The molecule has 3 aromatic carbocycles. The molecular formula is C27H30N2O. The number of hydrogen-bond donors (Lipinski definition) is 2. The van der Waals surface area contributed by atoms with Crippen LogP contribution in [-0.4, -0.2) is 12.5 Å². The Morgan fingerprint density at radius 1 is 0.900 bits per heavy atom. The standard InChI is InChI=1S/C27H30N2O/c1-2-18-29-27(30)26-23-12-6-5-11-22(23)25-20(10-7-13-24(25)26)9-4-3-8-19-14-16-21(28)17-15-19/h5-7,10-17,26H,2-4,8-9,18,28H2,1H3,(H,29,30). The highest BCUT2D eigenvalue weighted by Gasteiger charge is 2.34. The van der Waals surface area contributed by atoms with E-state index >= 15 is 0 Å². The van der Waals surface area contributed by atoms with Crippen LogP contribution in [0.2, 0.25) is 0 Å². The number of unbranched alkanes of at least 4 members (excludes halogenated alkanes) is 1. The molecule has 0 saturated heterocycles. The number of amides is 1. The van der Waals surface area contributed by atoms with E-state index in [9.17, 15) is 4.79 Å². The molecule has 1 aliphatic rings. The number of carbonyl (C=O) groups is 1. The molecule has 1 amide bonds. The Hall–Kier alpha value is -3.07. The van der Waals surface area contributed by atoms with Crippen molar-refractivity contribution in [2.24, 2.45) is 0 Å². The summed E-state index contributed by atoms with van der Waals surface area (Å²) in [5.41, 5.74) is 14.1. The van der Waals surface area contributed by atoms with Crippen LogP contribution in [0.15, 0.2) is 66.7 Å². The lowest BCUT2D eigenvalue weighted by atomic mass is 9.93. The van der Waals surface area contributed by atoms with Gasteiger partial charge in [-0.2, -0.15) is 0 Å². The quantitative estimate of drug-likeness (QED) is 0.390. The van der Waals surface area contributed by atoms with Crippen molar-refractivity contribution in [3.05, 3.63) is 89.0 Å². The molecule has 0 fully saturated rings. The normalized spacial score (nSPS) is 14.2. The van der Waals surface area contributed by atoms with Gasteiger partial charge in [-0.25, -0.2) is 0 Å². The SMILES string of the molecule is CCCNC(=O)C1c2ccccc2-c2c(CCCCc3ccc(N)cc3)cccc21. The predicted octanol–water partition coefficient (Wildman–Crippen LogP) is 5.47. The lowest BCUT2D eigenvalue weighted by Crippen LogP contribution is -2.29. The number of nitrogens with one attached hydrogen (secondary N) is 1. The predicted molar refractivity (Wildman–Crippen MR) is 125 cm³/mol. The number of fused-ring (bicyclic) bond motifs is 3. The second-order valence-corrected chi connectivity index (χ2v) is 8.14. The molecule has 30 heavy (non-hydrogen) atoms. The summed E-state index contributed by atoms with van der Waals surface area (Å²) < 4.78 is 0. The summed E-state index contributed by atoms with van der Waals surface area (Å²) in [6, 6.07) is 23.0. The van der Waals surface area contributed by atoms with E-state index in [1.165, 1.54) is 22.3 Å². The molecule has 4 rings (SSSR count). The van der Waals surface area contributed by atoms with Gasteiger partial charge in [-0.1, -0.05) is 61.5 Å². The van der Waals surface area contributed by atoms with E-state index in [0.717, 1.165) is 55.5 Å². The van der Waals surface area contributed by atoms with Crippen molar-refractivity contribution < 1.29 is 4.79 Å². The van der Waals surface area contributed by atoms with Crippen molar-refractivity contribution in [2.75, 3.05) is 12.3 Å². The Kier molecular flexibility index (Phi) is 6.18. The highest BCUT2D eigenvalue weighted by molar-refractivity contribution is 5.97. The van der Waals surface area contributed by atoms with Gasteiger partial charge in [0.15, 0.2) is 0 Å². The highest BCUT2D eigenvalue weighted by Crippen LogP contribution is 2.46. The molecule has 1 aliphatic carbocycles. The van der Waals surface area contributed by atoms with E-state index in [-0.39, 0.29) is 11.8 Å². The van der Waals surface area contributed by atoms with E-state index < -0.39 is 0 Å². The fourth-order valence-corrected chi connectivity index (χ4v) is 4.50. The van der Waals surface area contributed by atoms with Gasteiger partial charge in [-0.15, -0.1) is 0 Å². The van der Waals surface area contributed by atoms with Crippen molar-refractivity contribution >= 4 is 11.6 Å². The van der Waals surface area contributed by atoms with Gasteiger partial charge in [0.1, 0.15) is 0 Å². The van der Waals surface area contributed by atoms with E-state index in [0.29, 0.717) is 0 Å². The van der Waals surface area contributed by atoms with E-state index in [1.54, 1.807) is 0 Å². The van der Waals surface area contributed by atoms with Crippen LogP contribution in [0.1, 0.15) is 54.4 Å². The van der Waals surface area contributed by atoms with Gasteiger partial charge < -0.3 is 11.1 Å². The average molecular weight is 399 g/mol. The Morgan fingerprint density at radius 2 is 1.63 bits per heavy atom. The third kappa shape index (κ3) is 4.11. The summed E-state index contributed by atoms with van der Waals surface area (Å²) in [6.45, 7) is 2.80. The average Bonchev–Trinajstić information content (AvgIpc) is 3.11. The second kappa shape index (κ2) is 9.17. The zero-order valence-corrected chi connectivity index (χ0v) is 17.7. The van der Waals surface area contributed by atoms with Crippen LogP contribution in [0, 0.1) is 0 Å². The molecule has 0 aromatic heterocycles. The van der Waals surface area contributed by atoms with Crippen molar-refractivity contribution in [1.29, 1.82) is 0 Å². The molecule has 3 nitrogen and oxygen atoms in total. The van der Waals surface area contributed by atoms with Crippen LogP contribution < -0.4 is 11.1 Å². The number of nitrogens with two attached hydrogens (primary N) is 1. The van der Waals surface area contributed by atoms with Crippen molar-refractivity contribution in [3.63, 3.8) is 0 Å². The first-order chi connectivity index (χ1) is 14.7. The first kappa shape index (κ1) is 20.2. The minimum Gasteiger partial charge on any atom is -0.399 e. The maximum atomic E-state index is 13.0. The molecule has 3 heteroatoms. The van der Waals surface area contributed by atoms with Gasteiger partial charge in [0.25, 0.3) is 0 Å². The summed E-state index contributed by atoms with van der Waals surface area (Å²) in [5, 5.41) is 3.10. The monoisotopic (exact) mass is 398 g/mol. The zero-order chi connectivity index (χ0) is 20.9. The molecule has 0 radical (unpaired) electrons. The summed E-state index contributed by atoms with van der Waals surface area (Å²) in [4.78, 5) is 13.0. The number of aryl methyl sites for hydroxylation is 2. The third-order valence-corrected chi connectivity index (χ3v) is 5.99. The molecule has 0 heterocycles. The Bertz CT molecular complexity index is 1020. The molecule has 3 N–H and O–H groups in total. The molecule has 1 unspecified atom stereocenters. The van der Waals surface area contributed by atoms with Crippen LogP contribution in [0.5, 0.6) is 0 Å². The summed E-state index contributed by atoms with van der Waals surface area (Å²) in [5.74, 6) is -0.0824. The van der Waals surface area contributed by atoms with Gasteiger partial charge in [0, 0.05) is 12.2 Å². The van der Waals surface area contributed by atoms with Gasteiger partial charge in [-0.05, 0) is 77.6 Å². The lowest BCUT2D eigenvalue weighted by molar-refractivity contribution is -0.121. The Balaban J connectivity index is 1.52. The summed E-state index contributed by atoms with van der Waals surface area (Å²) >= 11 is 0. The van der Waals surface area contributed by atoms with Gasteiger partial charge >= 0.3 is 0 Å². The number of nitrogen functional groups attached to an aromatic ring is 1. The Labute approximate surface area is 179 Å². The smallest absolute Gasteiger partial charge is 0.232 e. The van der Waals surface area contributed by atoms with Crippen LogP contribution in [0.4, 0.5) is 5.69 Å². The number of rotatable bonds is 8. The zero-order valence-electron chi connectivity index (χ0n) is 17.7. The van der Waals surface area contributed by atoms with Gasteiger partial charge in [-0.3, -0.25) is 4.79 Å². The molecule has 3 aromatic rings. The molecular weight excluding hydrogens is 368 g/mol. The van der Waals surface area contributed by atoms with Crippen LogP contribution in [-0.2, 0) is 17.6 Å². The molecule has 0 spiro atoms. The summed E-state index contributed by atoms with van der Waals surface area (Å²) in [6.07, 6.45) is 5.29. The van der Waals surface area contributed by atoms with Crippen molar-refractivity contribution in [2.45, 2.75) is 44.9 Å². The van der Waals surface area contributed by atoms with Gasteiger partial charge in [0.2, 0.25) is 5.91 Å². The first-order valence-electron chi connectivity index (χ1n) is 11.0. The highest BCUT2D eigenvalue weighted by atomic mass is 16.1. The number of carbonyl (C=O) groups excluding carboxylic acids is 1. The largest absolute Gasteiger partial charge is 0.399 e. The van der Waals surface area contributed by atoms with E-state index in [1.807, 2.05) is 18.2 Å². The molecule has 1 atom stereocenters. The van der Waals surface area contributed by atoms with Gasteiger partial charge in [0.05, 0.1) is 5.92 Å². The molecule has 154 valence electrons. The molecule has 0 saturated carbocycles. The van der Waals surface area contributed by atoms with Crippen LogP contribution in [0.3, 0.4) is 0 Å². The van der Waals surface area contributed by atoms with Crippen molar-refractivity contribution in [1.82, 2.24) is 5.32 Å². The Morgan fingerprint density at radius 3 is 2.43 bits per heavy atom. The third-order valence-electron chi connectivity index (χ3n) is 5.99.